The third-order valence-electron chi connectivity index (χ3n) is 28.8. The zero-order chi connectivity index (χ0) is 82.7. The highest BCUT2D eigenvalue weighted by molar-refractivity contribution is 6.17. The van der Waals surface area contributed by atoms with Gasteiger partial charge in [-0.25, -0.2) is 15.0 Å². The second kappa shape index (κ2) is 25.2. The lowest BCUT2D eigenvalue weighted by Gasteiger charge is -2.23. The Kier molecular flexibility index (Phi) is 14.4. The van der Waals surface area contributed by atoms with Crippen LogP contribution in [0.3, 0.4) is 0 Å². The lowest BCUT2D eigenvalue weighted by Crippen LogP contribution is -2.15. The molecule has 7 heterocycles. The molecule has 0 aliphatic heterocycles. The van der Waals surface area contributed by atoms with Crippen molar-refractivity contribution >= 4 is 87.2 Å². The molecule has 22 aromatic rings. The van der Waals surface area contributed by atoms with Crippen LogP contribution in [0, 0.1) is 0 Å². The van der Waals surface area contributed by atoms with Gasteiger partial charge in [-0.15, -0.1) is 0 Å². The van der Waals surface area contributed by atoms with Crippen molar-refractivity contribution in [2.45, 2.75) is 77.0 Å². The third-order valence-corrected chi connectivity index (χ3v) is 28.8. The number of hydrogen-bond donors (Lipinski definition) is 0. The average Bonchev–Trinajstić information content (AvgIpc) is 1.56. The van der Waals surface area contributed by atoms with Crippen LogP contribution in [0.1, 0.15) is 99.9 Å². The van der Waals surface area contributed by atoms with Gasteiger partial charge >= 0.3 is 0 Å². The number of para-hydroxylation sites is 4. The molecule has 9 nitrogen and oxygen atoms in total. The third kappa shape index (κ3) is 9.61. The Morgan fingerprint density at radius 1 is 0.185 bits per heavy atom. The van der Waals surface area contributed by atoms with Crippen molar-refractivity contribution in [2.75, 3.05) is 0 Å². The van der Waals surface area contributed by atoms with Crippen molar-refractivity contribution in [3.8, 4) is 124 Å². The van der Waals surface area contributed by atoms with Gasteiger partial charge < -0.3 is 18.3 Å². The Morgan fingerprint density at radius 2 is 0.460 bits per heavy atom. The molecule has 15 aromatic carbocycles. The van der Waals surface area contributed by atoms with E-state index in [9.17, 15) is 0 Å². The Bertz CT molecular complexity index is 8030. The highest BCUT2D eigenvalue weighted by Gasteiger charge is 2.42. The van der Waals surface area contributed by atoms with E-state index < -0.39 is 0 Å². The summed E-state index contributed by atoms with van der Waals surface area (Å²) in [7, 11) is 0. The molecule has 0 N–H and O–H groups in total. The van der Waals surface area contributed by atoms with Crippen molar-refractivity contribution in [3.63, 3.8) is 0 Å². The summed E-state index contributed by atoms with van der Waals surface area (Å²) in [5.41, 5.74) is 39.1. The molecule has 0 saturated heterocycles. The first-order valence-corrected chi connectivity index (χ1v) is 43.3. The van der Waals surface area contributed by atoms with Crippen LogP contribution in [0.5, 0.6) is 0 Å². The monoisotopic (exact) mass is 1590 g/mol. The lowest BCUT2D eigenvalue weighted by atomic mass is 9.82. The van der Waals surface area contributed by atoms with Gasteiger partial charge in [-0.05, 0) is 210 Å². The molecule has 0 bridgehead atoms. The summed E-state index contributed by atoms with van der Waals surface area (Å²) >= 11 is 0. The predicted molar refractivity (Wildman–Crippen MR) is 510 cm³/mol. The Hall–Kier alpha value is -15.2. The van der Waals surface area contributed by atoms with Gasteiger partial charge in [-0.2, -0.15) is 0 Å². The van der Waals surface area contributed by atoms with Crippen molar-refractivity contribution in [1.82, 2.24) is 43.2 Å². The number of fused-ring (bicyclic) bond motifs is 24. The molecule has 0 saturated carbocycles. The average molecular weight is 1590 g/mol. The standard InChI is InChI=1S/C115H81N9/c1-112(2)89-38-20-12-30-69(89)79-56-85-73-34-16-24-42-97(73)121(103(85)60-93(79)112)101-48-46-67(54-83(101)77-50-52-116-64-107(77)123-99-44-26-18-36-75(99)87-58-81-71-32-14-22-40-91(71)114(5,6)95(81)62-105(87)123)110-118-109(66-28-10-9-11-29-66)119-111(120-110)68-47-49-102(122-98-43-25-17-35-74(98)86-57-80-70-31-13-21-39-90(70)113(3,4)94(80)61-104(86)122)84(55-68)78-51-53-117-65-108(78)124-100-45-27-19-37-76(100)88-59-82-72-33-15-23-41-92(72)115(7,8)96(82)63-106(88)124/h9-65H,1-8H3. The van der Waals surface area contributed by atoms with Crippen LogP contribution in [-0.2, 0) is 21.7 Å². The number of rotatable bonds is 9. The maximum absolute atomic E-state index is 5.87. The summed E-state index contributed by atoms with van der Waals surface area (Å²) in [6.07, 6.45) is 8.07. The smallest absolute Gasteiger partial charge is 0.164 e. The van der Waals surface area contributed by atoms with Gasteiger partial charge in [0.2, 0.25) is 0 Å². The zero-order valence-corrected chi connectivity index (χ0v) is 69.9. The molecule has 7 aromatic heterocycles. The van der Waals surface area contributed by atoms with Gasteiger partial charge in [-0.3, -0.25) is 9.97 Å². The normalized spacial score (nSPS) is 14.5. The van der Waals surface area contributed by atoms with Crippen LogP contribution in [0.2, 0.25) is 0 Å². The second-order valence-electron chi connectivity index (χ2n) is 36.7. The molecule has 0 unspecified atom stereocenters. The number of hydrogen-bond acceptors (Lipinski definition) is 5. The van der Waals surface area contributed by atoms with Crippen LogP contribution in [0.4, 0.5) is 0 Å². The van der Waals surface area contributed by atoms with Gasteiger partial charge in [0.05, 0.1) is 79.3 Å². The van der Waals surface area contributed by atoms with Crippen molar-refractivity contribution in [2.24, 2.45) is 0 Å². The minimum atomic E-state index is -0.262. The summed E-state index contributed by atoms with van der Waals surface area (Å²) < 4.78 is 9.99. The summed E-state index contributed by atoms with van der Waals surface area (Å²) in [5, 5.41) is 9.46. The van der Waals surface area contributed by atoms with Gasteiger partial charge in [0.15, 0.2) is 17.5 Å². The highest BCUT2D eigenvalue weighted by Crippen LogP contribution is 2.58. The molecule has 4 aliphatic rings. The minimum Gasteiger partial charge on any atom is -0.309 e. The lowest BCUT2D eigenvalue weighted by molar-refractivity contribution is 0.661. The molecule has 0 fully saturated rings. The molecular weight excluding hydrogens is 1510 g/mol. The largest absolute Gasteiger partial charge is 0.309 e. The van der Waals surface area contributed by atoms with E-state index in [0.29, 0.717) is 17.5 Å². The van der Waals surface area contributed by atoms with Crippen LogP contribution in [-0.4, -0.2) is 43.2 Å². The van der Waals surface area contributed by atoms with Crippen LogP contribution >= 0.6 is 0 Å². The summed E-state index contributed by atoms with van der Waals surface area (Å²) in [5.74, 6) is 1.61. The van der Waals surface area contributed by atoms with Crippen molar-refractivity contribution in [3.05, 3.63) is 391 Å². The van der Waals surface area contributed by atoms with E-state index in [1.165, 1.54) is 132 Å². The van der Waals surface area contributed by atoms with Gasteiger partial charge in [0, 0.05) is 116 Å². The summed E-state index contributed by atoms with van der Waals surface area (Å²) in [6, 6.07) is 120. The first-order chi connectivity index (χ1) is 60.5. The molecule has 4 aliphatic carbocycles. The Morgan fingerprint density at radius 3 is 0.782 bits per heavy atom. The number of nitrogens with zero attached hydrogens (tertiary/aromatic N) is 9. The van der Waals surface area contributed by atoms with Crippen molar-refractivity contribution in [1.29, 1.82) is 0 Å². The first kappa shape index (κ1) is 70.6. The van der Waals surface area contributed by atoms with Crippen molar-refractivity contribution < 1.29 is 0 Å². The topological polar surface area (TPSA) is 84.2 Å². The fraction of sp³-hybridized carbons (Fsp3) is 0.104. The van der Waals surface area contributed by atoms with E-state index in [-0.39, 0.29) is 21.7 Å². The predicted octanol–water partition coefficient (Wildman–Crippen LogP) is 28.6. The molecule has 9 heteroatoms. The fourth-order valence-electron chi connectivity index (χ4n) is 22.8. The van der Waals surface area contributed by atoms with Gasteiger partial charge in [0.1, 0.15) is 0 Å². The Balaban J connectivity index is 0.730. The molecule has 0 radical (unpaired) electrons. The van der Waals surface area contributed by atoms with E-state index in [0.717, 1.165) is 106 Å². The molecular formula is C115H81N9. The molecule has 0 atom stereocenters. The highest BCUT2D eigenvalue weighted by atomic mass is 15.1. The summed E-state index contributed by atoms with van der Waals surface area (Å²) in [6.45, 7) is 19.0. The molecule has 586 valence electrons. The SMILES string of the molecule is CC1(C)c2ccccc2-c2cc3c4ccccc4n(-c4ccc(-c5nc(-c6ccccc6)nc(-c6ccc(-n7c8ccccc8c8cc9c(cc87)C(C)(C)c7ccccc7-9)c(-c7ccncc7-n7c8ccccc8c8cc9c(cc87)C(C)(C)c7ccccc7-9)c6)n5)cc4-c4ccncc4-n4c5ccccc5c5cc6c(cc54)C(C)(C)c4ccccc4-6)c3cc21. The van der Waals surface area contributed by atoms with Gasteiger partial charge in [0.25, 0.3) is 0 Å². The first-order valence-electron chi connectivity index (χ1n) is 43.3. The van der Waals surface area contributed by atoms with Gasteiger partial charge in [-0.1, -0.05) is 256 Å². The molecule has 0 amide bonds. The maximum atomic E-state index is 5.87. The van der Waals surface area contributed by atoms with E-state index in [2.05, 4.69) is 408 Å². The molecule has 124 heavy (non-hydrogen) atoms. The zero-order valence-electron chi connectivity index (χ0n) is 69.9. The van der Waals surface area contributed by atoms with E-state index in [1.54, 1.807) is 0 Å². The quantitative estimate of drug-likeness (QED) is 0.144. The molecule has 0 spiro atoms. The number of pyridine rings is 2. The summed E-state index contributed by atoms with van der Waals surface area (Å²) in [4.78, 5) is 27.5. The number of benzene rings is 15. The second-order valence-corrected chi connectivity index (χ2v) is 36.7. The fourth-order valence-corrected chi connectivity index (χ4v) is 22.8. The van der Waals surface area contributed by atoms with E-state index in [1.807, 2.05) is 12.4 Å². The molecule has 26 rings (SSSR count). The van der Waals surface area contributed by atoms with E-state index >= 15 is 0 Å². The minimum absolute atomic E-state index is 0.251. The van der Waals surface area contributed by atoms with E-state index in [4.69, 9.17) is 24.9 Å². The maximum Gasteiger partial charge on any atom is 0.164 e. The van der Waals surface area contributed by atoms with Crippen LogP contribution < -0.4 is 0 Å². The van der Waals surface area contributed by atoms with Crippen LogP contribution in [0.15, 0.2) is 346 Å². The Labute approximate surface area is 717 Å². The number of aromatic nitrogens is 9. The van der Waals surface area contributed by atoms with Crippen LogP contribution in [0.25, 0.3) is 211 Å².